The maximum absolute atomic E-state index is 12.3. The Morgan fingerprint density at radius 1 is 0.969 bits per heavy atom. The van der Waals surface area contributed by atoms with Crippen LogP contribution in [0.25, 0.3) is 10.4 Å². The van der Waals surface area contributed by atoms with Gasteiger partial charge in [0.05, 0.1) is 16.3 Å². The minimum atomic E-state index is -3.99. The maximum atomic E-state index is 12.3. The van der Waals surface area contributed by atoms with Crippen LogP contribution in [0.4, 0.5) is 0 Å². The fourth-order valence-corrected chi connectivity index (χ4v) is 7.49. The van der Waals surface area contributed by atoms with E-state index in [1.54, 1.807) is 18.2 Å². The van der Waals surface area contributed by atoms with Gasteiger partial charge in [0.2, 0.25) is 0 Å². The van der Waals surface area contributed by atoms with Gasteiger partial charge >= 0.3 is 10.1 Å². The van der Waals surface area contributed by atoms with E-state index in [1.807, 2.05) is 45.0 Å². The Morgan fingerprint density at radius 3 is 2.00 bits per heavy atom. The molecule has 1 aromatic carbocycles. The van der Waals surface area contributed by atoms with Crippen molar-refractivity contribution >= 4 is 58.7 Å². The van der Waals surface area contributed by atoms with Crippen molar-refractivity contribution in [2.75, 3.05) is 0 Å². The number of hydrogen-bond acceptors (Lipinski definition) is 7. The van der Waals surface area contributed by atoms with Crippen molar-refractivity contribution in [1.29, 1.82) is 5.26 Å². The van der Waals surface area contributed by atoms with Crippen LogP contribution in [0.3, 0.4) is 0 Å². The molecule has 32 heavy (non-hydrogen) atoms. The third-order valence-electron chi connectivity index (χ3n) is 3.61. The molecule has 0 bridgehead atoms. The number of hydrogen-bond donors (Lipinski definition) is 2. The summed E-state index contributed by atoms with van der Waals surface area (Å²) in [5.74, 6) is 0. The molecule has 3 aromatic rings. The van der Waals surface area contributed by atoms with Gasteiger partial charge in [0, 0.05) is 10.4 Å². The van der Waals surface area contributed by atoms with E-state index in [2.05, 4.69) is 26.7 Å². The van der Waals surface area contributed by atoms with Gasteiger partial charge in [-0.05, 0) is 72.1 Å². The predicted molar refractivity (Wildman–Crippen MR) is 131 cm³/mol. The third-order valence-corrected chi connectivity index (χ3v) is 9.94. The molecule has 3 rings (SSSR count). The molecule has 0 aliphatic carbocycles. The first-order valence-corrected chi connectivity index (χ1v) is 14.4. The summed E-state index contributed by atoms with van der Waals surface area (Å²) in [5, 5.41) is 8.67. The lowest BCUT2D eigenvalue weighted by Crippen LogP contribution is -2.40. The number of sulfonamides is 1. The Kier molecular flexibility index (Phi) is 8.80. The average molecular weight is 578 g/mol. The fraction of sp³-hybridized carbons (Fsp3) is 0.250. The molecule has 0 aliphatic rings. The molecule has 7 nitrogen and oxygen atoms in total. The highest BCUT2D eigenvalue weighted by atomic mass is 79.9. The van der Waals surface area contributed by atoms with E-state index in [-0.39, 0.29) is 4.21 Å². The Balaban J connectivity index is 0.000000303. The number of halogens is 1. The van der Waals surface area contributed by atoms with E-state index in [4.69, 9.17) is 9.81 Å². The van der Waals surface area contributed by atoms with Crippen molar-refractivity contribution in [3.05, 3.63) is 57.9 Å². The van der Waals surface area contributed by atoms with E-state index in [0.29, 0.717) is 14.4 Å². The summed E-state index contributed by atoms with van der Waals surface area (Å²) in [5.41, 5.74) is 1.39. The van der Waals surface area contributed by atoms with Crippen LogP contribution in [0.5, 0.6) is 0 Å². The minimum absolute atomic E-state index is 0.0422. The lowest BCUT2D eigenvalue weighted by Gasteiger charge is -2.19. The van der Waals surface area contributed by atoms with Gasteiger partial charge in [-0.2, -0.15) is 13.7 Å². The second-order valence-corrected chi connectivity index (χ2v) is 14.6. The summed E-state index contributed by atoms with van der Waals surface area (Å²) >= 11 is 5.28. The topological polar surface area (TPSA) is 124 Å². The van der Waals surface area contributed by atoms with Gasteiger partial charge in [0.15, 0.2) is 0 Å². The van der Waals surface area contributed by atoms with Gasteiger partial charge in [-0.3, -0.25) is 4.55 Å². The van der Waals surface area contributed by atoms with Crippen LogP contribution in [-0.2, 0) is 26.6 Å². The van der Waals surface area contributed by atoms with Gasteiger partial charge in [0.1, 0.15) is 8.42 Å². The Morgan fingerprint density at radius 2 is 1.56 bits per heavy atom. The monoisotopic (exact) mass is 576 g/mol. The second-order valence-electron chi connectivity index (χ2n) is 7.54. The van der Waals surface area contributed by atoms with Gasteiger partial charge in [-0.25, -0.2) is 13.1 Å². The molecule has 2 heterocycles. The zero-order valence-electron chi connectivity index (χ0n) is 17.4. The zero-order valence-corrected chi connectivity index (χ0v) is 22.2. The van der Waals surface area contributed by atoms with Crippen LogP contribution in [0.15, 0.2) is 60.7 Å². The van der Waals surface area contributed by atoms with Crippen LogP contribution in [-0.4, -0.2) is 26.9 Å². The van der Waals surface area contributed by atoms with Crippen LogP contribution in [0.1, 0.15) is 26.3 Å². The van der Waals surface area contributed by atoms with Gasteiger partial charge in [-0.1, -0.05) is 24.3 Å². The first-order valence-electron chi connectivity index (χ1n) is 9.04. The Bertz CT molecular complexity index is 1310. The van der Waals surface area contributed by atoms with Crippen molar-refractivity contribution < 1.29 is 21.4 Å². The van der Waals surface area contributed by atoms with E-state index in [1.165, 1.54) is 17.4 Å². The molecule has 2 N–H and O–H groups in total. The van der Waals surface area contributed by atoms with Crippen LogP contribution in [0.2, 0.25) is 0 Å². The molecule has 0 saturated carbocycles. The summed E-state index contributed by atoms with van der Waals surface area (Å²) in [7, 11) is -7.49. The van der Waals surface area contributed by atoms with Gasteiger partial charge < -0.3 is 0 Å². The van der Waals surface area contributed by atoms with Gasteiger partial charge in [-0.15, -0.1) is 22.7 Å². The quantitative estimate of drug-likeness (QED) is 0.396. The molecule has 0 fully saturated rings. The molecule has 0 radical (unpaired) electrons. The fourth-order valence-electron chi connectivity index (χ4n) is 2.39. The molecule has 172 valence electrons. The second kappa shape index (κ2) is 10.6. The molecular formula is C20H21BrN2O5S4. The highest BCUT2D eigenvalue weighted by Gasteiger charge is 2.23. The smallest absolute Gasteiger partial charge is 0.281 e. The highest BCUT2D eigenvalue weighted by molar-refractivity contribution is 9.11. The number of nitriles is 1. The third kappa shape index (κ3) is 8.08. The zero-order chi connectivity index (χ0) is 24.2. The van der Waals surface area contributed by atoms with Crippen molar-refractivity contribution in [3.63, 3.8) is 0 Å². The minimum Gasteiger partial charge on any atom is -0.281 e. The standard InChI is InChI=1S/C16H18N2O2S2.C4H3BrO3S2/c1-16(2,3)18-22(19,20)15-9-8-14(21-15)13-6-4-12(5-7-13)10-11-17;5-3-1-2-4(9-3)10(6,7)8/h4-9,18H,10H2,1-3H3;1-2H,(H,6,7,8). The molecule has 0 aliphatic heterocycles. The van der Waals surface area contributed by atoms with Crippen LogP contribution >= 0.6 is 38.6 Å². The number of rotatable bonds is 5. The molecule has 0 saturated heterocycles. The maximum Gasteiger partial charge on any atom is 0.304 e. The van der Waals surface area contributed by atoms with E-state index in [9.17, 15) is 16.8 Å². The molecule has 2 aromatic heterocycles. The number of nitrogens with one attached hydrogen (secondary N) is 1. The lowest BCUT2D eigenvalue weighted by molar-refractivity contribution is 0.485. The van der Waals surface area contributed by atoms with E-state index >= 15 is 0 Å². The summed E-state index contributed by atoms with van der Waals surface area (Å²) in [6, 6.07) is 16.0. The number of benzene rings is 1. The van der Waals surface area contributed by atoms with E-state index < -0.39 is 25.7 Å². The molecule has 0 spiro atoms. The number of nitrogens with zero attached hydrogens (tertiary/aromatic N) is 1. The summed E-state index contributed by atoms with van der Waals surface area (Å²) in [6.45, 7) is 5.44. The molecule has 12 heteroatoms. The Hall–Kier alpha value is -1.59. The van der Waals surface area contributed by atoms with Crippen molar-refractivity contribution in [2.45, 2.75) is 41.1 Å². The first-order chi connectivity index (χ1) is 14.7. The molecule has 0 unspecified atom stereocenters. The molecular weight excluding hydrogens is 556 g/mol. The van der Waals surface area contributed by atoms with Crippen molar-refractivity contribution in [1.82, 2.24) is 4.72 Å². The van der Waals surface area contributed by atoms with Crippen molar-refractivity contribution in [2.24, 2.45) is 0 Å². The van der Waals surface area contributed by atoms with Gasteiger partial charge in [0.25, 0.3) is 10.0 Å². The Labute approximate surface area is 204 Å². The lowest BCUT2D eigenvalue weighted by atomic mass is 10.1. The SMILES string of the molecule is CC(C)(C)NS(=O)(=O)c1ccc(-c2ccc(CC#N)cc2)s1.O=S(=O)(O)c1ccc(Br)s1. The van der Waals surface area contributed by atoms with Crippen LogP contribution in [0, 0.1) is 11.3 Å². The summed E-state index contributed by atoms with van der Waals surface area (Å²) in [4.78, 5) is 0.887. The number of thiophene rings is 2. The molecule has 0 atom stereocenters. The predicted octanol–water partition coefficient (Wildman–Crippen LogP) is 5.32. The van der Waals surface area contributed by atoms with Crippen molar-refractivity contribution in [3.8, 4) is 16.5 Å². The summed E-state index contributed by atoms with van der Waals surface area (Å²) < 4.78 is 57.4. The molecule has 0 amide bonds. The summed E-state index contributed by atoms with van der Waals surface area (Å²) in [6.07, 6.45) is 0.375. The average Bonchev–Trinajstić information content (AvgIpc) is 3.31. The van der Waals surface area contributed by atoms with Crippen LogP contribution < -0.4 is 4.72 Å². The normalized spacial score (nSPS) is 12.0. The largest absolute Gasteiger partial charge is 0.304 e. The highest BCUT2D eigenvalue weighted by Crippen LogP contribution is 2.31. The first kappa shape index (κ1) is 26.7. The van der Waals surface area contributed by atoms with E-state index in [0.717, 1.165) is 27.3 Å².